The summed E-state index contributed by atoms with van der Waals surface area (Å²) >= 11 is 0. The molecular weight excluding hydrogens is 258 g/mol. The van der Waals surface area contributed by atoms with E-state index in [1.807, 2.05) is 19.4 Å². The fraction of sp³-hybridized carbons (Fsp3) is 0.167. The first kappa shape index (κ1) is 13.4. The third kappa shape index (κ3) is 2.55. The van der Waals surface area contributed by atoms with Crippen LogP contribution in [0.1, 0.15) is 6.92 Å². The summed E-state index contributed by atoms with van der Waals surface area (Å²) in [7, 11) is 1.91. The van der Waals surface area contributed by atoms with Crippen molar-refractivity contribution >= 4 is 27.8 Å². The Labute approximate surface area is 125 Å². The number of rotatable bonds is 4. The van der Waals surface area contributed by atoms with E-state index in [1.54, 1.807) is 0 Å². The largest absolute Gasteiger partial charge is 0.387 e. The van der Waals surface area contributed by atoms with Gasteiger partial charge in [0.2, 0.25) is 0 Å². The van der Waals surface area contributed by atoms with Gasteiger partial charge in [-0.3, -0.25) is 4.98 Å². The topological polar surface area (TPSA) is 28.2 Å². The molecule has 0 radical (unpaired) electrons. The maximum Gasteiger partial charge on any atom is 0.0618 e. The van der Waals surface area contributed by atoms with Crippen LogP contribution in [0.4, 0.5) is 17.1 Å². The second kappa shape index (κ2) is 5.83. The van der Waals surface area contributed by atoms with E-state index < -0.39 is 0 Å². The smallest absolute Gasteiger partial charge is 0.0618 e. The highest BCUT2D eigenvalue weighted by atomic mass is 15.1. The zero-order valence-electron chi connectivity index (χ0n) is 12.4. The summed E-state index contributed by atoms with van der Waals surface area (Å²) in [5.41, 5.74) is 3.33. The second-order valence-electron chi connectivity index (χ2n) is 4.92. The number of hydrogen-bond donors (Lipinski definition) is 1. The van der Waals surface area contributed by atoms with Gasteiger partial charge < -0.3 is 10.2 Å². The summed E-state index contributed by atoms with van der Waals surface area (Å²) < 4.78 is 0. The Morgan fingerprint density at radius 2 is 1.86 bits per heavy atom. The van der Waals surface area contributed by atoms with Crippen molar-refractivity contribution < 1.29 is 0 Å². The Bertz CT molecular complexity index is 747. The zero-order chi connectivity index (χ0) is 14.7. The van der Waals surface area contributed by atoms with Gasteiger partial charge in [-0.2, -0.15) is 0 Å². The summed E-state index contributed by atoms with van der Waals surface area (Å²) in [5, 5.41) is 5.66. The van der Waals surface area contributed by atoms with Gasteiger partial charge >= 0.3 is 0 Å². The van der Waals surface area contributed by atoms with Crippen LogP contribution < -0.4 is 10.2 Å². The lowest BCUT2D eigenvalue weighted by molar-refractivity contribution is 1.02. The average molecular weight is 277 g/mol. The van der Waals surface area contributed by atoms with Crippen molar-refractivity contribution in [2.24, 2.45) is 0 Å². The highest BCUT2D eigenvalue weighted by molar-refractivity contribution is 5.96. The summed E-state index contributed by atoms with van der Waals surface area (Å²) in [6.07, 6.45) is 3.74. The molecule has 1 N–H and O–H groups in total. The van der Waals surface area contributed by atoms with Crippen molar-refractivity contribution in [2.75, 3.05) is 23.8 Å². The fourth-order valence-corrected chi connectivity index (χ4v) is 2.65. The van der Waals surface area contributed by atoms with E-state index in [4.69, 9.17) is 0 Å². The van der Waals surface area contributed by atoms with Crippen LogP contribution in [-0.2, 0) is 0 Å². The number of nitrogens with zero attached hydrogens (tertiary/aromatic N) is 2. The molecule has 0 aliphatic carbocycles. The molecule has 0 atom stereocenters. The minimum Gasteiger partial charge on any atom is -0.387 e. The van der Waals surface area contributed by atoms with E-state index >= 15 is 0 Å². The molecule has 0 spiro atoms. The van der Waals surface area contributed by atoms with E-state index in [9.17, 15) is 0 Å². The number of fused-ring (bicyclic) bond motifs is 1. The normalized spacial score (nSPS) is 10.6. The Hall–Kier alpha value is -2.55. The number of nitrogens with one attached hydrogen (secondary N) is 1. The number of aromatic nitrogens is 1. The first-order chi connectivity index (χ1) is 10.3. The number of pyridine rings is 1. The van der Waals surface area contributed by atoms with Gasteiger partial charge in [0.1, 0.15) is 0 Å². The predicted octanol–water partition coefficient (Wildman–Crippen LogP) is 4.43. The highest BCUT2D eigenvalue weighted by Crippen LogP contribution is 2.32. The summed E-state index contributed by atoms with van der Waals surface area (Å²) in [6.45, 7) is 3.05. The van der Waals surface area contributed by atoms with Gasteiger partial charge in [0.05, 0.1) is 23.8 Å². The molecule has 1 aromatic heterocycles. The molecule has 1 heterocycles. The van der Waals surface area contributed by atoms with Gasteiger partial charge in [0, 0.05) is 24.7 Å². The molecule has 3 aromatic rings. The molecule has 3 heteroatoms. The first-order valence-corrected chi connectivity index (χ1v) is 7.21. The summed E-state index contributed by atoms with van der Waals surface area (Å²) in [5.74, 6) is 0. The maximum atomic E-state index is 4.33. The van der Waals surface area contributed by atoms with Crippen molar-refractivity contribution in [2.45, 2.75) is 6.92 Å². The second-order valence-corrected chi connectivity index (χ2v) is 4.92. The highest BCUT2D eigenvalue weighted by Gasteiger charge is 2.11. The van der Waals surface area contributed by atoms with Crippen LogP contribution in [0.25, 0.3) is 10.8 Å². The van der Waals surface area contributed by atoms with Crippen LogP contribution in [0.3, 0.4) is 0 Å². The molecule has 0 aliphatic rings. The maximum absolute atomic E-state index is 4.33. The van der Waals surface area contributed by atoms with Crippen molar-refractivity contribution in [3.8, 4) is 0 Å². The zero-order valence-corrected chi connectivity index (χ0v) is 12.4. The molecule has 21 heavy (non-hydrogen) atoms. The Balaban J connectivity index is 2.13. The van der Waals surface area contributed by atoms with Crippen molar-refractivity contribution in [1.82, 2.24) is 4.98 Å². The van der Waals surface area contributed by atoms with Gasteiger partial charge in [-0.05, 0) is 24.4 Å². The van der Waals surface area contributed by atoms with Crippen LogP contribution in [0.2, 0.25) is 0 Å². The van der Waals surface area contributed by atoms with Crippen molar-refractivity contribution in [3.63, 3.8) is 0 Å². The van der Waals surface area contributed by atoms with Gasteiger partial charge in [-0.25, -0.2) is 0 Å². The predicted molar refractivity (Wildman–Crippen MR) is 90.4 cm³/mol. The lowest BCUT2D eigenvalue weighted by Crippen LogP contribution is -2.16. The molecule has 0 saturated carbocycles. The molecule has 3 nitrogen and oxygen atoms in total. The quantitative estimate of drug-likeness (QED) is 0.764. The van der Waals surface area contributed by atoms with Crippen LogP contribution in [0, 0.1) is 0 Å². The van der Waals surface area contributed by atoms with Gasteiger partial charge in [0.15, 0.2) is 0 Å². The molecule has 0 bridgehead atoms. The molecule has 2 aromatic carbocycles. The molecule has 0 unspecified atom stereocenters. The average Bonchev–Trinajstić information content (AvgIpc) is 2.56. The molecule has 3 rings (SSSR count). The monoisotopic (exact) mass is 277 g/mol. The standard InChI is InChI=1S/C18H19N3/c1-3-21(16-11-15(19-2)12-20-13-16)18-10-6-8-14-7-4-5-9-17(14)18/h4-13,19H,3H2,1-2H3. The lowest BCUT2D eigenvalue weighted by atomic mass is 10.1. The van der Waals surface area contributed by atoms with Crippen LogP contribution in [-0.4, -0.2) is 18.6 Å². The molecular formula is C18H19N3. The molecule has 0 amide bonds. The molecule has 106 valence electrons. The first-order valence-electron chi connectivity index (χ1n) is 7.21. The van der Waals surface area contributed by atoms with E-state index in [-0.39, 0.29) is 0 Å². The van der Waals surface area contributed by atoms with Gasteiger partial charge in [-0.1, -0.05) is 36.4 Å². The number of benzene rings is 2. The van der Waals surface area contributed by atoms with Crippen LogP contribution in [0.5, 0.6) is 0 Å². The van der Waals surface area contributed by atoms with E-state index in [0.717, 1.165) is 17.9 Å². The fourth-order valence-electron chi connectivity index (χ4n) is 2.65. The van der Waals surface area contributed by atoms with E-state index in [0.29, 0.717) is 0 Å². The minimum atomic E-state index is 0.892. The Morgan fingerprint density at radius 1 is 1.05 bits per heavy atom. The molecule has 0 fully saturated rings. The van der Waals surface area contributed by atoms with Gasteiger partial charge in [0.25, 0.3) is 0 Å². The summed E-state index contributed by atoms with van der Waals surface area (Å²) in [4.78, 5) is 6.61. The summed E-state index contributed by atoms with van der Waals surface area (Å²) in [6, 6.07) is 17.0. The van der Waals surface area contributed by atoms with Gasteiger partial charge in [-0.15, -0.1) is 0 Å². The lowest BCUT2D eigenvalue weighted by Gasteiger charge is -2.25. The number of hydrogen-bond acceptors (Lipinski definition) is 3. The SMILES string of the molecule is CCN(c1cncc(NC)c1)c1cccc2ccccc12. The van der Waals surface area contributed by atoms with Crippen LogP contribution in [0.15, 0.2) is 60.9 Å². The molecule has 0 aliphatic heterocycles. The number of anilines is 3. The van der Waals surface area contributed by atoms with E-state index in [1.165, 1.54) is 16.5 Å². The minimum absolute atomic E-state index is 0.892. The third-order valence-corrected chi connectivity index (χ3v) is 3.70. The van der Waals surface area contributed by atoms with Crippen molar-refractivity contribution in [1.29, 1.82) is 0 Å². The Kier molecular flexibility index (Phi) is 3.73. The van der Waals surface area contributed by atoms with Crippen molar-refractivity contribution in [3.05, 3.63) is 60.9 Å². The van der Waals surface area contributed by atoms with E-state index in [2.05, 4.69) is 70.7 Å². The van der Waals surface area contributed by atoms with Crippen LogP contribution >= 0.6 is 0 Å². The molecule has 0 saturated heterocycles. The third-order valence-electron chi connectivity index (χ3n) is 3.70. The Morgan fingerprint density at radius 3 is 2.67 bits per heavy atom.